The molecule has 0 aliphatic heterocycles. The number of hydrogen-bond donors (Lipinski definition) is 1. The molecule has 17 heavy (non-hydrogen) atoms. The topological polar surface area (TPSA) is 50.9 Å². The predicted molar refractivity (Wildman–Crippen MR) is 66.5 cm³/mol. The van der Waals surface area contributed by atoms with Crippen LogP contribution in [-0.2, 0) is 13.2 Å². The van der Waals surface area contributed by atoms with E-state index in [2.05, 4.69) is 30.1 Å². The molecule has 2 aromatic rings. The first-order valence-corrected chi connectivity index (χ1v) is 5.78. The van der Waals surface area contributed by atoms with E-state index in [1.54, 1.807) is 0 Å². The number of aromatic nitrogens is 3. The molecule has 4 nitrogen and oxygen atoms in total. The van der Waals surface area contributed by atoms with Gasteiger partial charge in [0.1, 0.15) is 6.61 Å². The van der Waals surface area contributed by atoms with E-state index in [-0.39, 0.29) is 6.61 Å². The van der Waals surface area contributed by atoms with Crippen LogP contribution >= 0.6 is 0 Å². The maximum atomic E-state index is 9.21. The van der Waals surface area contributed by atoms with Gasteiger partial charge < -0.3 is 9.67 Å². The van der Waals surface area contributed by atoms with Gasteiger partial charge in [-0.3, -0.25) is 0 Å². The fraction of sp³-hybridized carbons (Fsp3) is 0.385. The van der Waals surface area contributed by atoms with Crippen LogP contribution in [0.1, 0.15) is 23.9 Å². The first-order valence-electron chi connectivity index (χ1n) is 5.78. The second kappa shape index (κ2) is 4.67. The van der Waals surface area contributed by atoms with Crippen LogP contribution in [0.3, 0.4) is 0 Å². The molecule has 0 bridgehead atoms. The van der Waals surface area contributed by atoms with Gasteiger partial charge in [-0.2, -0.15) is 0 Å². The summed E-state index contributed by atoms with van der Waals surface area (Å²) in [4.78, 5) is 0. The molecule has 1 aromatic carbocycles. The fourth-order valence-electron chi connectivity index (χ4n) is 1.98. The molecule has 1 aromatic heterocycles. The van der Waals surface area contributed by atoms with Crippen LogP contribution in [-0.4, -0.2) is 19.9 Å². The van der Waals surface area contributed by atoms with Crippen LogP contribution in [0, 0.1) is 13.8 Å². The van der Waals surface area contributed by atoms with E-state index >= 15 is 0 Å². The third-order valence-corrected chi connectivity index (χ3v) is 3.13. The van der Waals surface area contributed by atoms with E-state index in [1.807, 2.05) is 23.6 Å². The number of aryl methyl sites for hydroxylation is 1. The molecule has 0 spiro atoms. The normalized spacial score (nSPS) is 10.8. The van der Waals surface area contributed by atoms with E-state index in [1.165, 1.54) is 11.1 Å². The highest BCUT2D eigenvalue weighted by Crippen LogP contribution is 2.24. The summed E-state index contributed by atoms with van der Waals surface area (Å²) in [5, 5.41) is 17.4. The smallest absolute Gasteiger partial charge is 0.164 e. The van der Waals surface area contributed by atoms with Crippen molar-refractivity contribution in [3.63, 3.8) is 0 Å². The molecule has 0 unspecified atom stereocenters. The lowest BCUT2D eigenvalue weighted by Gasteiger charge is -2.10. The summed E-state index contributed by atoms with van der Waals surface area (Å²) in [6.07, 6.45) is 0. The Morgan fingerprint density at radius 2 is 2.00 bits per heavy atom. The van der Waals surface area contributed by atoms with Crippen LogP contribution in [0.25, 0.3) is 11.4 Å². The van der Waals surface area contributed by atoms with Crippen molar-refractivity contribution in [3.8, 4) is 11.4 Å². The van der Waals surface area contributed by atoms with Gasteiger partial charge in [0.2, 0.25) is 0 Å². The maximum Gasteiger partial charge on any atom is 0.164 e. The number of hydrogen-bond acceptors (Lipinski definition) is 3. The SMILES string of the molecule is CCn1c(CO)nnc1-c1cccc(C)c1C. The van der Waals surface area contributed by atoms with Crippen molar-refractivity contribution >= 4 is 0 Å². The van der Waals surface area contributed by atoms with Gasteiger partial charge in [0.15, 0.2) is 11.6 Å². The van der Waals surface area contributed by atoms with E-state index in [4.69, 9.17) is 0 Å². The van der Waals surface area contributed by atoms with Gasteiger partial charge in [-0.05, 0) is 31.9 Å². The average Bonchev–Trinajstić information content (AvgIpc) is 2.75. The molecule has 0 aliphatic carbocycles. The molecule has 1 N–H and O–H groups in total. The van der Waals surface area contributed by atoms with Gasteiger partial charge in [0, 0.05) is 12.1 Å². The summed E-state index contributed by atoms with van der Waals surface area (Å²) in [7, 11) is 0. The Morgan fingerprint density at radius 3 is 2.65 bits per heavy atom. The van der Waals surface area contributed by atoms with Crippen molar-refractivity contribution in [2.45, 2.75) is 33.9 Å². The molecule has 0 radical (unpaired) electrons. The maximum absolute atomic E-state index is 9.21. The first kappa shape index (κ1) is 11.8. The average molecular weight is 231 g/mol. The Kier molecular flexibility index (Phi) is 3.24. The summed E-state index contributed by atoms with van der Waals surface area (Å²) >= 11 is 0. The molecule has 0 aliphatic rings. The number of rotatable bonds is 3. The molecule has 0 saturated carbocycles. The predicted octanol–water partition coefficient (Wildman–Crippen LogP) is 2.07. The molecule has 90 valence electrons. The van der Waals surface area contributed by atoms with Crippen LogP contribution in [0.4, 0.5) is 0 Å². The Bertz CT molecular complexity index is 531. The second-order valence-electron chi connectivity index (χ2n) is 4.09. The zero-order valence-electron chi connectivity index (χ0n) is 10.4. The summed E-state index contributed by atoms with van der Waals surface area (Å²) in [6.45, 7) is 6.87. The van der Waals surface area contributed by atoms with E-state index in [0.717, 1.165) is 17.9 Å². The molecule has 4 heteroatoms. The Labute approximate surface area is 101 Å². The molecule has 2 rings (SSSR count). The van der Waals surface area contributed by atoms with Crippen LogP contribution in [0.5, 0.6) is 0 Å². The minimum atomic E-state index is -0.0777. The van der Waals surface area contributed by atoms with E-state index in [0.29, 0.717) is 5.82 Å². The Hall–Kier alpha value is -1.68. The van der Waals surface area contributed by atoms with Crippen molar-refractivity contribution in [1.29, 1.82) is 0 Å². The molecule has 0 amide bonds. The van der Waals surface area contributed by atoms with Crippen LogP contribution in [0.2, 0.25) is 0 Å². The minimum Gasteiger partial charge on any atom is -0.388 e. The van der Waals surface area contributed by atoms with Crippen molar-refractivity contribution in [3.05, 3.63) is 35.2 Å². The number of benzene rings is 1. The van der Waals surface area contributed by atoms with Crippen LogP contribution < -0.4 is 0 Å². The lowest BCUT2D eigenvalue weighted by Crippen LogP contribution is -2.04. The van der Waals surface area contributed by atoms with E-state index in [9.17, 15) is 5.11 Å². The van der Waals surface area contributed by atoms with E-state index < -0.39 is 0 Å². The molecule has 0 atom stereocenters. The van der Waals surface area contributed by atoms with Crippen molar-refractivity contribution in [2.24, 2.45) is 0 Å². The van der Waals surface area contributed by atoms with Gasteiger partial charge in [-0.1, -0.05) is 18.2 Å². The molecular weight excluding hydrogens is 214 g/mol. The van der Waals surface area contributed by atoms with Gasteiger partial charge in [0.25, 0.3) is 0 Å². The second-order valence-corrected chi connectivity index (χ2v) is 4.09. The minimum absolute atomic E-state index is 0.0777. The summed E-state index contributed by atoms with van der Waals surface area (Å²) < 4.78 is 1.95. The standard InChI is InChI=1S/C13H17N3O/c1-4-16-12(8-17)14-15-13(16)11-7-5-6-9(2)10(11)3/h5-7,17H,4,8H2,1-3H3. The third kappa shape index (κ3) is 1.96. The number of nitrogens with zero attached hydrogens (tertiary/aromatic N) is 3. The monoisotopic (exact) mass is 231 g/mol. The molecule has 0 fully saturated rings. The van der Waals surface area contributed by atoms with Gasteiger partial charge in [0.05, 0.1) is 0 Å². The lowest BCUT2D eigenvalue weighted by atomic mass is 10.0. The lowest BCUT2D eigenvalue weighted by molar-refractivity contribution is 0.265. The number of aliphatic hydroxyl groups is 1. The van der Waals surface area contributed by atoms with Crippen molar-refractivity contribution in [2.75, 3.05) is 0 Å². The largest absolute Gasteiger partial charge is 0.388 e. The number of aliphatic hydroxyl groups excluding tert-OH is 1. The summed E-state index contributed by atoms with van der Waals surface area (Å²) in [6, 6.07) is 6.14. The van der Waals surface area contributed by atoms with Crippen molar-refractivity contribution < 1.29 is 5.11 Å². The van der Waals surface area contributed by atoms with Crippen molar-refractivity contribution in [1.82, 2.24) is 14.8 Å². The third-order valence-electron chi connectivity index (χ3n) is 3.13. The molecule has 1 heterocycles. The molecule has 0 saturated heterocycles. The first-order chi connectivity index (χ1) is 8.19. The highest BCUT2D eigenvalue weighted by molar-refractivity contribution is 5.62. The van der Waals surface area contributed by atoms with Crippen LogP contribution in [0.15, 0.2) is 18.2 Å². The van der Waals surface area contributed by atoms with Gasteiger partial charge in [-0.15, -0.1) is 10.2 Å². The highest BCUT2D eigenvalue weighted by atomic mass is 16.3. The van der Waals surface area contributed by atoms with Gasteiger partial charge >= 0.3 is 0 Å². The summed E-state index contributed by atoms with van der Waals surface area (Å²) in [5.41, 5.74) is 3.52. The highest BCUT2D eigenvalue weighted by Gasteiger charge is 2.13. The Balaban J connectivity index is 2.60. The zero-order chi connectivity index (χ0) is 12.4. The summed E-state index contributed by atoms with van der Waals surface area (Å²) in [5.74, 6) is 1.45. The quantitative estimate of drug-likeness (QED) is 0.879. The zero-order valence-corrected chi connectivity index (χ0v) is 10.4. The Morgan fingerprint density at radius 1 is 1.24 bits per heavy atom. The van der Waals surface area contributed by atoms with Gasteiger partial charge in [-0.25, -0.2) is 0 Å². The fourth-order valence-corrected chi connectivity index (χ4v) is 1.98. The molecular formula is C13H17N3O.